The molecule has 0 saturated carbocycles. The lowest BCUT2D eigenvalue weighted by atomic mass is 9.97. The van der Waals surface area contributed by atoms with Crippen molar-refractivity contribution < 1.29 is 9.53 Å². The lowest BCUT2D eigenvalue weighted by molar-refractivity contribution is -0.128. The fraction of sp³-hybridized carbons (Fsp3) is 0.120. The predicted octanol–water partition coefficient (Wildman–Crippen LogP) is 6.06. The van der Waals surface area contributed by atoms with Gasteiger partial charge < -0.3 is 4.74 Å². The zero-order valence-corrected chi connectivity index (χ0v) is 18.1. The Morgan fingerprint density at radius 2 is 1.67 bits per heavy atom. The summed E-state index contributed by atoms with van der Waals surface area (Å²) in [5.41, 5.74) is 3.62. The molecule has 0 saturated heterocycles. The van der Waals surface area contributed by atoms with E-state index in [0.29, 0.717) is 12.2 Å². The maximum Gasteiger partial charge on any atom is 0.281 e. The van der Waals surface area contributed by atoms with Gasteiger partial charge in [0.05, 0.1) is 6.21 Å². The molecule has 0 aliphatic heterocycles. The molecule has 1 atom stereocenters. The second kappa shape index (κ2) is 9.09. The molecule has 0 heterocycles. The van der Waals surface area contributed by atoms with E-state index in [1.54, 1.807) is 6.21 Å². The third kappa shape index (κ3) is 4.36. The van der Waals surface area contributed by atoms with Crippen LogP contribution in [0.3, 0.4) is 0 Å². The molecule has 0 radical (unpaired) electrons. The molecule has 0 aliphatic rings. The summed E-state index contributed by atoms with van der Waals surface area (Å²) >= 11 is 3.41. The van der Waals surface area contributed by atoms with E-state index < -0.39 is 6.10 Å². The number of hydrazone groups is 1. The Balaban J connectivity index is 1.57. The molecule has 0 bridgehead atoms. The fourth-order valence-electron chi connectivity index (χ4n) is 3.45. The average Bonchev–Trinajstić information content (AvgIpc) is 2.77. The number of rotatable bonds is 6. The zero-order chi connectivity index (χ0) is 20.9. The number of nitrogens with zero attached hydrogens (tertiary/aromatic N) is 1. The summed E-state index contributed by atoms with van der Waals surface area (Å²) in [5.74, 6) is 0.355. The monoisotopic (exact) mass is 460 g/mol. The predicted molar refractivity (Wildman–Crippen MR) is 126 cm³/mol. The van der Waals surface area contributed by atoms with Crippen LogP contribution in [0.15, 0.2) is 88.4 Å². The summed E-state index contributed by atoms with van der Waals surface area (Å²) in [7, 11) is 0. The molecule has 0 spiro atoms. The molecule has 4 nitrogen and oxygen atoms in total. The van der Waals surface area contributed by atoms with Crippen LogP contribution in [-0.2, 0) is 4.79 Å². The van der Waals surface area contributed by atoms with Crippen LogP contribution >= 0.6 is 15.9 Å². The minimum atomic E-state index is -0.624. The fourth-order valence-corrected chi connectivity index (χ4v) is 3.83. The second-order valence-electron chi connectivity index (χ2n) is 6.94. The highest BCUT2D eigenvalue weighted by atomic mass is 79.9. The Hall–Kier alpha value is -3.18. The Bertz CT molecular complexity index is 1180. The lowest BCUT2D eigenvalue weighted by Crippen LogP contribution is -2.35. The normalized spacial score (nSPS) is 12.3. The molecule has 30 heavy (non-hydrogen) atoms. The van der Waals surface area contributed by atoms with Gasteiger partial charge in [0.25, 0.3) is 5.91 Å². The van der Waals surface area contributed by atoms with Crippen LogP contribution < -0.4 is 10.2 Å². The molecule has 4 rings (SSSR count). The molecule has 0 aromatic heterocycles. The number of benzene rings is 4. The first-order valence-electron chi connectivity index (χ1n) is 9.81. The van der Waals surface area contributed by atoms with E-state index in [1.807, 2.05) is 55.5 Å². The Labute approximate surface area is 183 Å². The highest BCUT2D eigenvalue weighted by molar-refractivity contribution is 9.10. The number of ether oxygens (including phenoxy) is 1. The Morgan fingerprint density at radius 1 is 1.00 bits per heavy atom. The van der Waals surface area contributed by atoms with Crippen LogP contribution in [0.25, 0.3) is 21.5 Å². The first-order valence-corrected chi connectivity index (χ1v) is 10.6. The van der Waals surface area contributed by atoms with Crippen molar-refractivity contribution in [1.82, 2.24) is 5.43 Å². The maximum absolute atomic E-state index is 12.6. The molecule has 5 heteroatoms. The number of hydrogen-bond donors (Lipinski definition) is 1. The maximum atomic E-state index is 12.6. The van der Waals surface area contributed by atoms with Gasteiger partial charge in [0, 0.05) is 10.0 Å². The minimum absolute atomic E-state index is 0.279. The second-order valence-corrected chi connectivity index (χ2v) is 7.85. The van der Waals surface area contributed by atoms with Crippen molar-refractivity contribution in [3.8, 4) is 5.75 Å². The number of carbonyl (C=O) groups is 1. The van der Waals surface area contributed by atoms with E-state index in [0.717, 1.165) is 31.6 Å². The largest absolute Gasteiger partial charge is 0.481 e. The standard InChI is InChI=1S/C25H21BrN2O2/c1-2-24(30-20-11-7-10-19(26)15-20)25(29)28-27-16-23-21-12-5-3-8-17(21)14-18-9-4-6-13-22(18)23/h3-16,24H,2H2,1H3,(H,28,29)/b27-16-/t24-/m0/s1. The van der Waals surface area contributed by atoms with E-state index in [1.165, 1.54) is 0 Å². The Kier molecular flexibility index (Phi) is 6.10. The number of carbonyl (C=O) groups excluding carboxylic acids is 1. The molecule has 1 N–H and O–H groups in total. The number of amides is 1. The molecular weight excluding hydrogens is 440 g/mol. The Morgan fingerprint density at radius 3 is 2.30 bits per heavy atom. The minimum Gasteiger partial charge on any atom is -0.481 e. The summed E-state index contributed by atoms with van der Waals surface area (Å²) in [6.07, 6.45) is 1.63. The van der Waals surface area contributed by atoms with Gasteiger partial charge >= 0.3 is 0 Å². The van der Waals surface area contributed by atoms with Crippen molar-refractivity contribution in [2.45, 2.75) is 19.4 Å². The van der Waals surface area contributed by atoms with Gasteiger partial charge in [-0.2, -0.15) is 5.10 Å². The van der Waals surface area contributed by atoms with Crippen LogP contribution in [0.2, 0.25) is 0 Å². The van der Waals surface area contributed by atoms with Gasteiger partial charge in [-0.1, -0.05) is 77.5 Å². The van der Waals surface area contributed by atoms with Gasteiger partial charge in [0.2, 0.25) is 0 Å². The topological polar surface area (TPSA) is 50.7 Å². The summed E-state index contributed by atoms with van der Waals surface area (Å²) in [5, 5.41) is 8.70. The molecule has 4 aromatic rings. The molecule has 0 unspecified atom stereocenters. The van der Waals surface area contributed by atoms with Crippen LogP contribution in [0.1, 0.15) is 18.9 Å². The van der Waals surface area contributed by atoms with Gasteiger partial charge in [-0.3, -0.25) is 4.79 Å². The molecule has 0 aliphatic carbocycles. The third-order valence-electron chi connectivity index (χ3n) is 4.92. The highest BCUT2D eigenvalue weighted by Crippen LogP contribution is 2.27. The van der Waals surface area contributed by atoms with Gasteiger partial charge in [-0.25, -0.2) is 5.43 Å². The van der Waals surface area contributed by atoms with E-state index in [4.69, 9.17) is 4.74 Å². The molecule has 4 aromatic carbocycles. The third-order valence-corrected chi connectivity index (χ3v) is 5.41. The first-order chi connectivity index (χ1) is 14.7. The lowest BCUT2D eigenvalue weighted by Gasteiger charge is -2.16. The number of halogens is 1. The number of fused-ring (bicyclic) bond motifs is 2. The summed E-state index contributed by atoms with van der Waals surface area (Å²) in [6, 6.07) is 25.9. The van der Waals surface area contributed by atoms with Gasteiger partial charge in [0.15, 0.2) is 6.10 Å². The van der Waals surface area contributed by atoms with Crippen LogP contribution in [0, 0.1) is 0 Å². The van der Waals surface area contributed by atoms with Gasteiger partial charge in [-0.15, -0.1) is 0 Å². The van der Waals surface area contributed by atoms with Crippen LogP contribution in [0.4, 0.5) is 0 Å². The summed E-state index contributed by atoms with van der Waals surface area (Å²) in [4.78, 5) is 12.6. The van der Waals surface area contributed by atoms with Crippen molar-refractivity contribution in [2.24, 2.45) is 5.10 Å². The summed E-state index contributed by atoms with van der Waals surface area (Å²) in [6.45, 7) is 1.91. The average molecular weight is 461 g/mol. The van der Waals surface area contributed by atoms with Gasteiger partial charge in [0.1, 0.15) is 5.75 Å². The van der Waals surface area contributed by atoms with Crippen molar-refractivity contribution in [3.05, 3.63) is 88.9 Å². The van der Waals surface area contributed by atoms with E-state index in [-0.39, 0.29) is 5.91 Å². The number of hydrogen-bond acceptors (Lipinski definition) is 3. The van der Waals surface area contributed by atoms with Crippen molar-refractivity contribution >= 4 is 49.6 Å². The van der Waals surface area contributed by atoms with E-state index in [2.05, 4.69) is 56.8 Å². The summed E-state index contributed by atoms with van der Waals surface area (Å²) < 4.78 is 6.73. The quantitative estimate of drug-likeness (QED) is 0.216. The van der Waals surface area contributed by atoms with Crippen molar-refractivity contribution in [3.63, 3.8) is 0 Å². The number of nitrogens with one attached hydrogen (secondary N) is 1. The van der Waals surface area contributed by atoms with Crippen molar-refractivity contribution in [2.75, 3.05) is 0 Å². The SMILES string of the molecule is CC[C@H](Oc1cccc(Br)c1)C(=O)N/N=C\c1c2ccccc2cc2ccccc12. The molecule has 1 amide bonds. The van der Waals surface area contributed by atoms with E-state index in [9.17, 15) is 4.79 Å². The molecular formula is C25H21BrN2O2. The molecule has 0 fully saturated rings. The van der Waals surface area contributed by atoms with E-state index >= 15 is 0 Å². The zero-order valence-electron chi connectivity index (χ0n) is 16.5. The van der Waals surface area contributed by atoms with Crippen LogP contribution in [0.5, 0.6) is 5.75 Å². The van der Waals surface area contributed by atoms with Gasteiger partial charge in [-0.05, 0) is 52.2 Å². The van der Waals surface area contributed by atoms with Crippen molar-refractivity contribution in [1.29, 1.82) is 0 Å². The highest BCUT2D eigenvalue weighted by Gasteiger charge is 2.18. The molecule has 150 valence electrons. The van der Waals surface area contributed by atoms with Crippen LogP contribution in [-0.4, -0.2) is 18.2 Å². The first kappa shape index (κ1) is 20.1. The smallest absolute Gasteiger partial charge is 0.281 e.